The van der Waals surface area contributed by atoms with Crippen molar-refractivity contribution >= 4 is 11.7 Å². The van der Waals surface area contributed by atoms with E-state index in [2.05, 4.69) is 10.6 Å². The summed E-state index contributed by atoms with van der Waals surface area (Å²) in [4.78, 5) is 11.8. The second kappa shape index (κ2) is 8.75. The molecule has 0 saturated carbocycles. The van der Waals surface area contributed by atoms with Crippen LogP contribution in [0.2, 0.25) is 0 Å². The monoisotopic (exact) mass is 318 g/mol. The van der Waals surface area contributed by atoms with Crippen LogP contribution >= 0.6 is 0 Å². The Hall–Kier alpha value is -2.60. The Morgan fingerprint density at radius 1 is 1.09 bits per heavy atom. The zero-order valence-corrected chi connectivity index (χ0v) is 12.8. The Morgan fingerprint density at radius 3 is 2.52 bits per heavy atom. The van der Waals surface area contributed by atoms with Crippen molar-refractivity contribution in [1.82, 2.24) is 5.32 Å². The molecule has 5 nitrogen and oxygen atoms in total. The lowest BCUT2D eigenvalue weighted by Gasteiger charge is -2.09. The molecule has 2 amide bonds. The fraction of sp³-hybridized carbons (Fsp3) is 0.235. The molecule has 0 bridgehead atoms. The van der Waals surface area contributed by atoms with Crippen LogP contribution in [-0.4, -0.2) is 26.4 Å². The van der Waals surface area contributed by atoms with Gasteiger partial charge in [-0.05, 0) is 30.3 Å². The van der Waals surface area contributed by atoms with E-state index in [0.29, 0.717) is 30.2 Å². The van der Waals surface area contributed by atoms with Crippen LogP contribution in [0, 0.1) is 5.82 Å². The van der Waals surface area contributed by atoms with E-state index in [1.165, 1.54) is 6.07 Å². The minimum atomic E-state index is -0.402. The molecule has 2 aromatic carbocycles. The summed E-state index contributed by atoms with van der Waals surface area (Å²) in [5, 5.41) is 5.28. The molecular weight excluding hydrogens is 299 g/mol. The van der Waals surface area contributed by atoms with Crippen LogP contribution in [0.15, 0.2) is 48.5 Å². The van der Waals surface area contributed by atoms with Crippen LogP contribution in [0.1, 0.15) is 5.56 Å². The molecule has 122 valence electrons. The fourth-order valence-electron chi connectivity index (χ4n) is 1.87. The van der Waals surface area contributed by atoms with Crippen molar-refractivity contribution in [2.45, 2.75) is 6.54 Å². The SMILES string of the molecule is COCCOc1ccc(NC(=O)NCc2ccccc2F)cc1. The van der Waals surface area contributed by atoms with Crippen LogP contribution in [0.4, 0.5) is 14.9 Å². The maximum Gasteiger partial charge on any atom is 0.319 e. The highest BCUT2D eigenvalue weighted by molar-refractivity contribution is 5.89. The quantitative estimate of drug-likeness (QED) is 0.771. The van der Waals surface area contributed by atoms with Crippen molar-refractivity contribution in [1.29, 1.82) is 0 Å². The summed E-state index contributed by atoms with van der Waals surface area (Å²) in [7, 11) is 1.61. The first kappa shape index (κ1) is 16.8. The Balaban J connectivity index is 1.80. The smallest absolute Gasteiger partial charge is 0.319 e. The Labute approximate surface area is 134 Å². The van der Waals surface area contributed by atoms with Gasteiger partial charge in [-0.2, -0.15) is 0 Å². The normalized spacial score (nSPS) is 10.2. The molecule has 0 aliphatic carbocycles. The molecule has 6 heteroatoms. The van der Waals surface area contributed by atoms with Gasteiger partial charge in [0.1, 0.15) is 18.2 Å². The van der Waals surface area contributed by atoms with E-state index < -0.39 is 6.03 Å². The second-order valence-corrected chi connectivity index (χ2v) is 4.76. The lowest BCUT2D eigenvalue weighted by molar-refractivity contribution is 0.146. The van der Waals surface area contributed by atoms with Crippen molar-refractivity contribution in [3.8, 4) is 5.75 Å². The third kappa shape index (κ3) is 5.60. The molecule has 0 spiro atoms. The summed E-state index contributed by atoms with van der Waals surface area (Å²) in [5.74, 6) is 0.352. The Morgan fingerprint density at radius 2 is 1.83 bits per heavy atom. The maximum absolute atomic E-state index is 13.4. The van der Waals surface area contributed by atoms with E-state index in [9.17, 15) is 9.18 Å². The zero-order chi connectivity index (χ0) is 16.5. The molecule has 0 saturated heterocycles. The predicted molar refractivity (Wildman–Crippen MR) is 86.1 cm³/mol. The number of anilines is 1. The molecule has 0 unspecified atom stereocenters. The molecule has 0 atom stereocenters. The number of hydrogen-bond donors (Lipinski definition) is 2. The van der Waals surface area contributed by atoms with Crippen LogP contribution in [0.5, 0.6) is 5.75 Å². The van der Waals surface area contributed by atoms with Gasteiger partial charge in [-0.3, -0.25) is 0 Å². The molecule has 0 aromatic heterocycles. The van der Waals surface area contributed by atoms with E-state index in [-0.39, 0.29) is 12.4 Å². The third-order valence-corrected chi connectivity index (χ3v) is 3.07. The highest BCUT2D eigenvalue weighted by Crippen LogP contribution is 2.15. The van der Waals surface area contributed by atoms with Crippen molar-refractivity contribution in [3.05, 3.63) is 59.9 Å². The Kier molecular flexibility index (Phi) is 6.38. The Bertz CT molecular complexity index is 632. The second-order valence-electron chi connectivity index (χ2n) is 4.76. The highest BCUT2D eigenvalue weighted by atomic mass is 19.1. The van der Waals surface area contributed by atoms with E-state index >= 15 is 0 Å². The van der Waals surface area contributed by atoms with Gasteiger partial charge >= 0.3 is 6.03 Å². The van der Waals surface area contributed by atoms with Gasteiger partial charge in [0, 0.05) is 24.9 Å². The topological polar surface area (TPSA) is 59.6 Å². The van der Waals surface area contributed by atoms with Gasteiger partial charge in [0.25, 0.3) is 0 Å². The summed E-state index contributed by atoms with van der Waals surface area (Å²) in [6.07, 6.45) is 0. The predicted octanol–water partition coefficient (Wildman–Crippen LogP) is 3.17. The molecule has 2 N–H and O–H groups in total. The number of halogens is 1. The lowest BCUT2D eigenvalue weighted by Crippen LogP contribution is -2.28. The minimum Gasteiger partial charge on any atom is -0.491 e. The number of carbonyl (C=O) groups excluding carboxylic acids is 1. The number of methoxy groups -OCH3 is 1. The van der Waals surface area contributed by atoms with Crippen LogP contribution in [0.25, 0.3) is 0 Å². The summed E-state index contributed by atoms with van der Waals surface area (Å²) < 4.78 is 23.8. The molecule has 2 rings (SSSR count). The first-order chi connectivity index (χ1) is 11.2. The van der Waals surface area contributed by atoms with E-state index in [0.717, 1.165) is 0 Å². The van der Waals surface area contributed by atoms with Crippen molar-refractivity contribution < 1.29 is 18.7 Å². The van der Waals surface area contributed by atoms with Gasteiger partial charge in [0.2, 0.25) is 0 Å². The highest BCUT2D eigenvalue weighted by Gasteiger charge is 2.05. The maximum atomic E-state index is 13.4. The molecular formula is C17H19FN2O3. The lowest BCUT2D eigenvalue weighted by atomic mass is 10.2. The molecule has 23 heavy (non-hydrogen) atoms. The number of benzene rings is 2. The molecule has 0 aliphatic rings. The summed E-state index contributed by atoms with van der Waals surface area (Å²) in [5.41, 5.74) is 1.06. The van der Waals surface area contributed by atoms with Crippen molar-refractivity contribution in [2.75, 3.05) is 25.6 Å². The number of amides is 2. The van der Waals surface area contributed by atoms with Gasteiger partial charge in [-0.25, -0.2) is 9.18 Å². The van der Waals surface area contributed by atoms with Crippen LogP contribution in [-0.2, 0) is 11.3 Å². The summed E-state index contributed by atoms with van der Waals surface area (Å²) in [6, 6.07) is 12.9. The standard InChI is InChI=1S/C17H19FN2O3/c1-22-10-11-23-15-8-6-14(7-9-15)20-17(21)19-12-13-4-2-3-5-16(13)18/h2-9H,10-12H2,1H3,(H2,19,20,21). The fourth-order valence-corrected chi connectivity index (χ4v) is 1.87. The molecule has 0 radical (unpaired) electrons. The van der Waals surface area contributed by atoms with Gasteiger partial charge < -0.3 is 20.1 Å². The number of rotatable bonds is 7. The molecule has 2 aromatic rings. The third-order valence-electron chi connectivity index (χ3n) is 3.07. The largest absolute Gasteiger partial charge is 0.491 e. The van der Waals surface area contributed by atoms with E-state index in [4.69, 9.17) is 9.47 Å². The van der Waals surface area contributed by atoms with Crippen molar-refractivity contribution in [2.24, 2.45) is 0 Å². The van der Waals surface area contributed by atoms with Gasteiger partial charge in [-0.15, -0.1) is 0 Å². The average molecular weight is 318 g/mol. The summed E-state index contributed by atoms with van der Waals surface area (Å²) in [6.45, 7) is 1.10. The van der Waals surface area contributed by atoms with E-state index in [1.54, 1.807) is 49.6 Å². The zero-order valence-electron chi connectivity index (χ0n) is 12.8. The molecule has 0 aliphatic heterocycles. The number of nitrogens with one attached hydrogen (secondary N) is 2. The van der Waals surface area contributed by atoms with Gasteiger partial charge in [-0.1, -0.05) is 18.2 Å². The average Bonchev–Trinajstić information content (AvgIpc) is 2.56. The first-order valence-corrected chi connectivity index (χ1v) is 7.19. The number of urea groups is 1. The summed E-state index contributed by atoms with van der Waals surface area (Å²) >= 11 is 0. The first-order valence-electron chi connectivity index (χ1n) is 7.19. The number of ether oxygens (including phenoxy) is 2. The van der Waals surface area contributed by atoms with E-state index in [1.807, 2.05) is 0 Å². The number of carbonyl (C=O) groups is 1. The van der Waals surface area contributed by atoms with Gasteiger partial charge in [0.05, 0.1) is 6.61 Å². The van der Waals surface area contributed by atoms with Crippen LogP contribution < -0.4 is 15.4 Å². The van der Waals surface area contributed by atoms with Crippen LogP contribution in [0.3, 0.4) is 0 Å². The van der Waals surface area contributed by atoms with Crippen molar-refractivity contribution in [3.63, 3.8) is 0 Å². The molecule has 0 fully saturated rings. The number of hydrogen-bond acceptors (Lipinski definition) is 3. The molecule has 0 heterocycles. The van der Waals surface area contributed by atoms with Gasteiger partial charge in [0.15, 0.2) is 0 Å². The minimum absolute atomic E-state index is 0.122.